The highest BCUT2D eigenvalue weighted by Crippen LogP contribution is 2.45. The molecular formula is C17H21F3N2O2S. The van der Waals surface area contributed by atoms with Crippen LogP contribution in [0.5, 0.6) is 0 Å². The molecule has 1 unspecified atom stereocenters. The van der Waals surface area contributed by atoms with Gasteiger partial charge in [0.2, 0.25) is 0 Å². The Hall–Kier alpha value is -1.15. The van der Waals surface area contributed by atoms with E-state index in [4.69, 9.17) is 0 Å². The molecule has 25 heavy (non-hydrogen) atoms. The summed E-state index contributed by atoms with van der Waals surface area (Å²) in [5.74, 6) is 0.867. The van der Waals surface area contributed by atoms with Gasteiger partial charge in [-0.1, -0.05) is 6.07 Å². The molecule has 1 aromatic rings. The fourth-order valence-electron chi connectivity index (χ4n) is 4.81. The van der Waals surface area contributed by atoms with Gasteiger partial charge >= 0.3 is 6.18 Å². The lowest BCUT2D eigenvalue weighted by atomic mass is 9.91. The monoisotopic (exact) mass is 374 g/mol. The second kappa shape index (κ2) is 5.67. The molecule has 4 nitrogen and oxygen atoms in total. The van der Waals surface area contributed by atoms with Crippen LogP contribution in [-0.2, 0) is 16.0 Å². The Morgan fingerprint density at radius 1 is 1.20 bits per heavy atom. The molecule has 3 aliphatic rings. The number of likely N-dealkylation sites (tertiary alicyclic amines) is 1. The van der Waals surface area contributed by atoms with Gasteiger partial charge in [0.1, 0.15) is 5.69 Å². The first-order valence-electron chi connectivity index (χ1n) is 8.64. The molecule has 0 N–H and O–H groups in total. The average molecular weight is 374 g/mol. The summed E-state index contributed by atoms with van der Waals surface area (Å²) in [4.78, 5) is 5.97. The van der Waals surface area contributed by atoms with E-state index in [9.17, 15) is 21.6 Å². The smallest absolute Gasteiger partial charge is 0.300 e. The lowest BCUT2D eigenvalue weighted by molar-refractivity contribution is -0.141. The van der Waals surface area contributed by atoms with Crippen LogP contribution in [0, 0.1) is 5.41 Å². The quantitative estimate of drug-likeness (QED) is 0.799. The van der Waals surface area contributed by atoms with Crippen LogP contribution in [0.2, 0.25) is 0 Å². The zero-order valence-electron chi connectivity index (χ0n) is 13.8. The van der Waals surface area contributed by atoms with Gasteiger partial charge in [-0.15, -0.1) is 0 Å². The van der Waals surface area contributed by atoms with Gasteiger partial charge < -0.3 is 0 Å². The van der Waals surface area contributed by atoms with Gasteiger partial charge in [0, 0.05) is 24.2 Å². The van der Waals surface area contributed by atoms with E-state index in [1.807, 2.05) is 0 Å². The first-order valence-corrected chi connectivity index (χ1v) is 10.5. The van der Waals surface area contributed by atoms with Crippen LogP contribution in [0.4, 0.5) is 13.2 Å². The Labute approximate surface area is 145 Å². The summed E-state index contributed by atoms with van der Waals surface area (Å²) in [6.45, 7) is 1.77. The van der Waals surface area contributed by atoms with Gasteiger partial charge in [-0.05, 0) is 49.8 Å². The van der Waals surface area contributed by atoms with Crippen LogP contribution >= 0.6 is 0 Å². The second-order valence-corrected chi connectivity index (χ2v) is 9.96. The van der Waals surface area contributed by atoms with Crippen molar-refractivity contribution < 1.29 is 21.6 Å². The maximum atomic E-state index is 12.6. The van der Waals surface area contributed by atoms with E-state index in [0.29, 0.717) is 17.5 Å². The van der Waals surface area contributed by atoms with E-state index in [1.54, 1.807) is 6.07 Å². The minimum absolute atomic E-state index is 0.0349. The van der Waals surface area contributed by atoms with Crippen molar-refractivity contribution in [2.24, 2.45) is 5.41 Å². The summed E-state index contributed by atoms with van der Waals surface area (Å²) < 4.78 is 60.9. The van der Waals surface area contributed by atoms with Crippen molar-refractivity contribution in [3.63, 3.8) is 0 Å². The van der Waals surface area contributed by atoms with Crippen LogP contribution in [-0.4, -0.2) is 48.9 Å². The first kappa shape index (κ1) is 17.3. The summed E-state index contributed by atoms with van der Waals surface area (Å²) in [6.07, 6.45) is 0.767. The van der Waals surface area contributed by atoms with Gasteiger partial charge in [-0.2, -0.15) is 13.2 Å². The third-order valence-electron chi connectivity index (χ3n) is 5.99. The molecule has 1 saturated carbocycles. The predicted octanol–water partition coefficient (Wildman–Crippen LogP) is 2.86. The largest absolute Gasteiger partial charge is 0.433 e. The Bertz CT molecular complexity index is 749. The average Bonchev–Trinajstić information content (AvgIpc) is 3.12. The molecule has 1 aromatic heterocycles. The van der Waals surface area contributed by atoms with Crippen LogP contribution < -0.4 is 0 Å². The number of sulfone groups is 1. The number of nitrogens with zero attached hydrogens (tertiary/aromatic N) is 2. The van der Waals surface area contributed by atoms with E-state index < -0.39 is 21.7 Å². The zero-order valence-corrected chi connectivity index (χ0v) is 14.6. The molecule has 0 bridgehead atoms. The molecule has 1 aliphatic carbocycles. The topological polar surface area (TPSA) is 50.3 Å². The van der Waals surface area contributed by atoms with Crippen molar-refractivity contribution in [1.82, 2.24) is 9.88 Å². The van der Waals surface area contributed by atoms with Crippen molar-refractivity contribution >= 4 is 9.84 Å². The van der Waals surface area contributed by atoms with E-state index in [0.717, 1.165) is 50.4 Å². The maximum absolute atomic E-state index is 12.6. The summed E-state index contributed by atoms with van der Waals surface area (Å²) in [6, 6.07) is 3.01. The highest BCUT2D eigenvalue weighted by Gasteiger charge is 2.53. The standard InChI is InChI=1S/C17H21F3N2O2S/c18-17(19,20)15-4-2-13(8-21-15)12-1-3-14(7-12)22-6-5-16(9-22)10-25(23,24)11-16/h2,4,8,12,14H,1,3,5-7,9-11H2/t12-,14?/m0/s1. The zero-order chi connectivity index (χ0) is 17.9. The van der Waals surface area contributed by atoms with E-state index in [1.165, 1.54) is 6.20 Å². The first-order chi connectivity index (χ1) is 11.7. The Morgan fingerprint density at radius 2 is 1.96 bits per heavy atom. The molecule has 0 aromatic carbocycles. The Morgan fingerprint density at radius 3 is 2.56 bits per heavy atom. The number of hydrogen-bond donors (Lipinski definition) is 0. The SMILES string of the molecule is O=S1(=O)CC2(CCN(C3CC[C@H](c4ccc(C(F)(F)F)nc4)C3)C2)C1. The highest BCUT2D eigenvalue weighted by molar-refractivity contribution is 7.92. The van der Waals surface area contributed by atoms with Crippen LogP contribution in [0.1, 0.15) is 42.9 Å². The van der Waals surface area contributed by atoms with Gasteiger partial charge in [0.15, 0.2) is 9.84 Å². The number of pyridine rings is 1. The molecule has 0 amide bonds. The van der Waals surface area contributed by atoms with Crippen LogP contribution in [0.25, 0.3) is 0 Å². The molecule has 8 heteroatoms. The predicted molar refractivity (Wildman–Crippen MR) is 86.9 cm³/mol. The summed E-state index contributed by atoms with van der Waals surface area (Å²) in [5.41, 5.74) is -0.0126. The lowest BCUT2D eigenvalue weighted by Crippen LogP contribution is -2.50. The second-order valence-electron chi connectivity index (χ2n) is 7.89. The maximum Gasteiger partial charge on any atom is 0.433 e. The molecule has 3 heterocycles. The number of halogens is 3. The molecule has 138 valence electrons. The normalized spacial score (nSPS) is 31.3. The minimum Gasteiger partial charge on any atom is -0.300 e. The van der Waals surface area contributed by atoms with Crippen LogP contribution in [0.3, 0.4) is 0 Å². The fourth-order valence-corrected chi connectivity index (χ4v) is 7.07. The summed E-state index contributed by atoms with van der Waals surface area (Å²) >= 11 is 0. The van der Waals surface area contributed by atoms with Crippen molar-refractivity contribution in [2.45, 2.75) is 43.8 Å². The van der Waals surface area contributed by atoms with E-state index in [2.05, 4.69) is 9.88 Å². The van der Waals surface area contributed by atoms with Gasteiger partial charge in [-0.25, -0.2) is 8.42 Å². The van der Waals surface area contributed by atoms with Gasteiger partial charge in [-0.3, -0.25) is 9.88 Å². The van der Waals surface area contributed by atoms with Crippen molar-refractivity contribution in [2.75, 3.05) is 24.6 Å². The van der Waals surface area contributed by atoms with Crippen molar-refractivity contribution in [3.05, 3.63) is 29.6 Å². The van der Waals surface area contributed by atoms with Crippen LogP contribution in [0.15, 0.2) is 18.3 Å². The minimum atomic E-state index is -4.40. The molecule has 3 fully saturated rings. The summed E-state index contributed by atoms with van der Waals surface area (Å²) in [7, 11) is -2.82. The molecule has 0 radical (unpaired) electrons. The molecular weight excluding hydrogens is 353 g/mol. The molecule has 2 saturated heterocycles. The van der Waals surface area contributed by atoms with E-state index in [-0.39, 0.29) is 11.3 Å². The summed E-state index contributed by atoms with van der Waals surface area (Å²) in [5, 5.41) is 0. The Kier molecular flexibility index (Phi) is 3.92. The number of aromatic nitrogens is 1. The number of alkyl halides is 3. The molecule has 1 spiro atoms. The number of rotatable bonds is 2. The van der Waals surface area contributed by atoms with Crippen molar-refractivity contribution in [1.29, 1.82) is 0 Å². The van der Waals surface area contributed by atoms with Gasteiger partial charge in [0.25, 0.3) is 0 Å². The van der Waals surface area contributed by atoms with Gasteiger partial charge in [0.05, 0.1) is 11.5 Å². The highest BCUT2D eigenvalue weighted by atomic mass is 32.2. The lowest BCUT2D eigenvalue weighted by Gasteiger charge is -2.38. The number of hydrogen-bond acceptors (Lipinski definition) is 4. The third-order valence-corrected chi connectivity index (χ3v) is 8.09. The molecule has 2 aliphatic heterocycles. The van der Waals surface area contributed by atoms with E-state index >= 15 is 0 Å². The third kappa shape index (κ3) is 3.30. The molecule has 2 atom stereocenters. The fraction of sp³-hybridized carbons (Fsp3) is 0.706. The van der Waals surface area contributed by atoms with Crippen molar-refractivity contribution in [3.8, 4) is 0 Å². The molecule has 4 rings (SSSR count). The Balaban J connectivity index is 1.37.